The molecule has 0 amide bonds. The van der Waals surface area contributed by atoms with E-state index in [0.29, 0.717) is 6.54 Å². The molecular formula is C20H30N4OS. The Balaban J connectivity index is 1.48. The van der Waals surface area contributed by atoms with Crippen LogP contribution < -0.4 is 10.6 Å². The van der Waals surface area contributed by atoms with E-state index in [1.165, 1.54) is 10.4 Å². The molecule has 0 saturated carbocycles. The zero-order chi connectivity index (χ0) is 18.5. The van der Waals surface area contributed by atoms with Crippen molar-refractivity contribution in [3.8, 4) is 0 Å². The summed E-state index contributed by atoms with van der Waals surface area (Å²) in [5.74, 6) is 0.822. The fraction of sp³-hybridized carbons (Fsp3) is 0.500. The monoisotopic (exact) mass is 374 g/mol. The minimum Gasteiger partial charge on any atom is -0.381 e. The molecule has 0 saturated heterocycles. The number of unbranched alkanes of at least 4 members (excludes halogenated alkanes) is 1. The predicted octanol–water partition coefficient (Wildman–Crippen LogP) is 3.41. The van der Waals surface area contributed by atoms with Crippen molar-refractivity contribution in [3.63, 3.8) is 0 Å². The Morgan fingerprint density at radius 1 is 1.15 bits per heavy atom. The molecule has 2 N–H and O–H groups in total. The van der Waals surface area contributed by atoms with Gasteiger partial charge in [-0.25, -0.2) is 4.98 Å². The predicted molar refractivity (Wildman–Crippen MR) is 110 cm³/mol. The van der Waals surface area contributed by atoms with Crippen LogP contribution in [0.2, 0.25) is 0 Å². The summed E-state index contributed by atoms with van der Waals surface area (Å²) in [4.78, 5) is 9.98. The highest BCUT2D eigenvalue weighted by molar-refractivity contribution is 7.11. The van der Waals surface area contributed by atoms with Crippen LogP contribution in [0.15, 0.2) is 41.5 Å². The van der Waals surface area contributed by atoms with Crippen molar-refractivity contribution in [2.75, 3.05) is 26.8 Å². The van der Waals surface area contributed by atoms with Crippen LogP contribution in [0.3, 0.4) is 0 Å². The summed E-state index contributed by atoms with van der Waals surface area (Å²) in [7, 11) is 1.79. The van der Waals surface area contributed by atoms with Crippen LogP contribution in [-0.4, -0.2) is 37.7 Å². The van der Waals surface area contributed by atoms with E-state index in [-0.39, 0.29) is 0 Å². The van der Waals surface area contributed by atoms with E-state index in [4.69, 9.17) is 4.74 Å². The van der Waals surface area contributed by atoms with Crippen molar-refractivity contribution in [2.24, 2.45) is 4.99 Å². The highest BCUT2D eigenvalue weighted by atomic mass is 32.1. The molecule has 1 aromatic carbocycles. The van der Waals surface area contributed by atoms with Gasteiger partial charge < -0.3 is 15.4 Å². The fourth-order valence-corrected chi connectivity index (χ4v) is 3.25. The number of nitrogens with one attached hydrogen (secondary N) is 2. The molecule has 0 atom stereocenters. The SMILES string of the molecule is CCc1cnc(CNC(=NC)NCCCCOCCc2ccccc2)s1. The van der Waals surface area contributed by atoms with Crippen LogP contribution >= 0.6 is 11.3 Å². The molecule has 2 rings (SSSR count). The molecule has 6 heteroatoms. The van der Waals surface area contributed by atoms with E-state index in [2.05, 4.69) is 51.8 Å². The van der Waals surface area contributed by atoms with Gasteiger partial charge in [-0.15, -0.1) is 11.3 Å². The first kappa shape index (κ1) is 20.4. The lowest BCUT2D eigenvalue weighted by Gasteiger charge is -2.11. The second-order valence-corrected chi connectivity index (χ2v) is 7.18. The molecule has 1 aromatic heterocycles. The number of ether oxygens (including phenoxy) is 1. The van der Waals surface area contributed by atoms with Gasteiger partial charge in [0, 0.05) is 31.3 Å². The van der Waals surface area contributed by atoms with Gasteiger partial charge in [0.2, 0.25) is 0 Å². The normalized spacial score (nSPS) is 11.5. The Hall–Kier alpha value is -1.92. The highest BCUT2D eigenvalue weighted by Gasteiger charge is 2.02. The van der Waals surface area contributed by atoms with Gasteiger partial charge in [0.05, 0.1) is 13.2 Å². The van der Waals surface area contributed by atoms with E-state index < -0.39 is 0 Å². The summed E-state index contributed by atoms with van der Waals surface area (Å²) in [5.41, 5.74) is 1.33. The number of rotatable bonds is 11. The number of benzene rings is 1. The first-order valence-electron chi connectivity index (χ1n) is 9.31. The van der Waals surface area contributed by atoms with E-state index in [0.717, 1.165) is 56.4 Å². The fourth-order valence-electron chi connectivity index (χ4n) is 2.45. The smallest absolute Gasteiger partial charge is 0.191 e. The summed E-state index contributed by atoms with van der Waals surface area (Å²) in [6.07, 6.45) is 6.08. The molecular weight excluding hydrogens is 344 g/mol. The van der Waals surface area contributed by atoms with E-state index in [1.54, 1.807) is 18.4 Å². The molecule has 0 unspecified atom stereocenters. The van der Waals surface area contributed by atoms with Gasteiger partial charge >= 0.3 is 0 Å². The van der Waals surface area contributed by atoms with Gasteiger partial charge in [0.25, 0.3) is 0 Å². The quantitative estimate of drug-likeness (QED) is 0.359. The molecule has 0 fully saturated rings. The zero-order valence-corrected chi connectivity index (χ0v) is 16.6. The third kappa shape index (κ3) is 7.97. The van der Waals surface area contributed by atoms with Crippen LogP contribution in [0.5, 0.6) is 0 Å². The summed E-state index contributed by atoms with van der Waals surface area (Å²) < 4.78 is 5.71. The molecule has 1 heterocycles. The average molecular weight is 375 g/mol. The first-order chi connectivity index (χ1) is 12.8. The van der Waals surface area contributed by atoms with Crippen LogP contribution in [0.4, 0.5) is 0 Å². The number of aromatic nitrogens is 1. The molecule has 0 spiro atoms. The lowest BCUT2D eigenvalue weighted by Crippen LogP contribution is -2.37. The Bertz CT molecular complexity index is 642. The summed E-state index contributed by atoms with van der Waals surface area (Å²) >= 11 is 1.75. The second kappa shape index (κ2) is 12.4. The lowest BCUT2D eigenvalue weighted by atomic mass is 10.2. The molecule has 26 heavy (non-hydrogen) atoms. The standard InChI is InChI=1S/C20H30N4OS/c1-3-18-15-23-19(26-18)16-24-20(21-2)22-12-7-8-13-25-14-11-17-9-5-4-6-10-17/h4-6,9-10,15H,3,7-8,11-14,16H2,1-2H3,(H2,21,22,24). The van der Waals surface area contributed by atoms with Gasteiger partial charge in [-0.2, -0.15) is 0 Å². The van der Waals surface area contributed by atoms with Crippen LogP contribution in [0.1, 0.15) is 35.2 Å². The van der Waals surface area contributed by atoms with Crippen LogP contribution in [0.25, 0.3) is 0 Å². The number of guanidine groups is 1. The first-order valence-corrected chi connectivity index (χ1v) is 10.1. The Kier molecular flexibility index (Phi) is 9.75. The second-order valence-electron chi connectivity index (χ2n) is 5.98. The number of nitrogens with zero attached hydrogens (tertiary/aromatic N) is 2. The van der Waals surface area contributed by atoms with Crippen LogP contribution in [-0.2, 0) is 24.1 Å². The number of aliphatic imine (C=N–C) groups is 1. The largest absolute Gasteiger partial charge is 0.381 e. The highest BCUT2D eigenvalue weighted by Crippen LogP contribution is 2.12. The number of hydrogen-bond acceptors (Lipinski definition) is 4. The van der Waals surface area contributed by atoms with Crippen molar-refractivity contribution in [1.29, 1.82) is 0 Å². The molecule has 0 aliphatic carbocycles. The molecule has 5 nitrogen and oxygen atoms in total. The van der Waals surface area contributed by atoms with E-state index in [9.17, 15) is 0 Å². The molecule has 2 aromatic rings. The van der Waals surface area contributed by atoms with Gasteiger partial charge in [-0.05, 0) is 31.2 Å². The number of hydrogen-bond donors (Lipinski definition) is 2. The Morgan fingerprint density at radius 2 is 2.00 bits per heavy atom. The average Bonchev–Trinajstić information content (AvgIpc) is 3.15. The maximum absolute atomic E-state index is 5.71. The van der Waals surface area contributed by atoms with Gasteiger partial charge in [-0.3, -0.25) is 4.99 Å². The third-order valence-corrected chi connectivity index (χ3v) is 5.11. The topological polar surface area (TPSA) is 58.5 Å². The maximum atomic E-state index is 5.71. The summed E-state index contributed by atoms with van der Waals surface area (Å²) in [5, 5.41) is 7.74. The Morgan fingerprint density at radius 3 is 2.73 bits per heavy atom. The number of aryl methyl sites for hydroxylation is 1. The summed E-state index contributed by atoms with van der Waals surface area (Å²) in [6, 6.07) is 10.5. The molecule has 0 aliphatic heterocycles. The van der Waals surface area contributed by atoms with Gasteiger partial charge in [0.1, 0.15) is 5.01 Å². The maximum Gasteiger partial charge on any atom is 0.191 e. The van der Waals surface area contributed by atoms with Crippen molar-refractivity contribution >= 4 is 17.3 Å². The minimum absolute atomic E-state index is 0.715. The number of thiazole rings is 1. The lowest BCUT2D eigenvalue weighted by molar-refractivity contribution is 0.133. The molecule has 0 aliphatic rings. The van der Waals surface area contributed by atoms with Crippen molar-refractivity contribution < 1.29 is 4.74 Å². The van der Waals surface area contributed by atoms with E-state index in [1.807, 2.05) is 12.3 Å². The third-order valence-electron chi connectivity index (χ3n) is 3.97. The van der Waals surface area contributed by atoms with Crippen molar-refractivity contribution in [1.82, 2.24) is 15.6 Å². The van der Waals surface area contributed by atoms with Crippen LogP contribution in [0, 0.1) is 0 Å². The van der Waals surface area contributed by atoms with Gasteiger partial charge in [-0.1, -0.05) is 37.3 Å². The zero-order valence-electron chi connectivity index (χ0n) is 15.8. The van der Waals surface area contributed by atoms with Gasteiger partial charge in [0.15, 0.2) is 5.96 Å². The summed E-state index contributed by atoms with van der Waals surface area (Å²) in [6.45, 7) is 5.34. The molecule has 0 radical (unpaired) electrons. The Labute approximate surface area is 160 Å². The van der Waals surface area contributed by atoms with Crippen molar-refractivity contribution in [3.05, 3.63) is 52.0 Å². The van der Waals surface area contributed by atoms with E-state index >= 15 is 0 Å². The molecule has 142 valence electrons. The molecule has 0 bridgehead atoms. The van der Waals surface area contributed by atoms with Crippen molar-refractivity contribution in [2.45, 2.75) is 39.2 Å². The minimum atomic E-state index is 0.715.